The van der Waals surface area contributed by atoms with E-state index in [1.54, 1.807) is 31.4 Å². The molecule has 0 bridgehead atoms. The second-order valence-corrected chi connectivity index (χ2v) is 6.09. The van der Waals surface area contributed by atoms with Gasteiger partial charge in [0.2, 0.25) is 0 Å². The number of fused-ring (bicyclic) bond motifs is 1. The Balaban J connectivity index is 1.69. The Hall–Kier alpha value is -3.12. The number of hydrogen-bond donors (Lipinski definition) is 1. The molecule has 0 saturated heterocycles. The van der Waals surface area contributed by atoms with Crippen molar-refractivity contribution in [2.24, 2.45) is 0 Å². The van der Waals surface area contributed by atoms with Gasteiger partial charge < -0.3 is 14.6 Å². The number of aliphatic hydroxyl groups excluding tert-OH is 1. The average Bonchev–Trinajstić information content (AvgIpc) is 2.69. The number of rotatable bonds is 7. The molecular weight excluding hydrogens is 344 g/mol. The monoisotopic (exact) mass is 366 g/mol. The maximum atomic E-state index is 12.5. The lowest BCUT2D eigenvalue weighted by atomic mass is 10.2. The molecule has 1 heterocycles. The molecule has 0 aliphatic rings. The molecule has 6 nitrogen and oxygen atoms in total. The van der Waals surface area contributed by atoms with Gasteiger partial charge in [0, 0.05) is 0 Å². The molecular formula is C21H22N2O4. The average molecular weight is 366 g/mol. The lowest BCUT2D eigenvalue weighted by Gasteiger charge is -2.16. The van der Waals surface area contributed by atoms with Crippen molar-refractivity contribution in [2.45, 2.75) is 19.6 Å². The Morgan fingerprint density at radius 3 is 2.81 bits per heavy atom. The van der Waals surface area contributed by atoms with Crippen molar-refractivity contribution in [1.29, 1.82) is 0 Å². The van der Waals surface area contributed by atoms with Crippen LogP contribution in [0, 0.1) is 0 Å². The lowest BCUT2D eigenvalue weighted by molar-refractivity contribution is 0.0900. The highest BCUT2D eigenvalue weighted by Crippen LogP contribution is 2.28. The fourth-order valence-electron chi connectivity index (χ4n) is 2.80. The second-order valence-electron chi connectivity index (χ2n) is 6.09. The number of methoxy groups -OCH3 is 1. The van der Waals surface area contributed by atoms with Gasteiger partial charge in [-0.3, -0.25) is 9.36 Å². The molecule has 1 N–H and O–H groups in total. The first-order valence-corrected chi connectivity index (χ1v) is 8.68. The van der Waals surface area contributed by atoms with Crippen LogP contribution in [0.5, 0.6) is 11.5 Å². The highest BCUT2D eigenvalue weighted by Gasteiger charge is 2.12. The van der Waals surface area contributed by atoms with Gasteiger partial charge in [0.1, 0.15) is 12.7 Å². The zero-order valence-corrected chi connectivity index (χ0v) is 15.3. The van der Waals surface area contributed by atoms with E-state index in [0.717, 1.165) is 5.56 Å². The highest BCUT2D eigenvalue weighted by atomic mass is 16.5. The molecule has 140 valence electrons. The van der Waals surface area contributed by atoms with Gasteiger partial charge in [-0.2, -0.15) is 0 Å². The van der Waals surface area contributed by atoms with Crippen LogP contribution in [0.2, 0.25) is 0 Å². The van der Waals surface area contributed by atoms with Crippen LogP contribution in [0.4, 0.5) is 0 Å². The molecule has 3 aromatic rings. The fourth-order valence-corrected chi connectivity index (χ4v) is 2.80. The van der Waals surface area contributed by atoms with Crippen LogP contribution < -0.4 is 15.0 Å². The van der Waals surface area contributed by atoms with Crippen LogP contribution >= 0.6 is 0 Å². The van der Waals surface area contributed by atoms with E-state index in [4.69, 9.17) is 9.47 Å². The van der Waals surface area contributed by atoms with Crippen molar-refractivity contribution in [1.82, 2.24) is 9.55 Å². The molecule has 1 aromatic heterocycles. The molecule has 0 spiro atoms. The highest BCUT2D eigenvalue weighted by molar-refractivity contribution is 5.76. The fraction of sp³-hybridized carbons (Fsp3) is 0.238. The first-order chi connectivity index (χ1) is 13.1. The van der Waals surface area contributed by atoms with Crippen LogP contribution in [0.1, 0.15) is 12.5 Å². The standard InChI is InChI=1S/C21H22N2O4/c1-3-6-15-9-10-19(20(11-15)26-2)27-13-16(24)12-23-14-22-18-8-5-4-7-17(18)21(23)25/h3-11,14,16,24H,12-13H2,1-2H3/b6-3+. The molecule has 0 radical (unpaired) electrons. The zero-order chi connectivity index (χ0) is 19.2. The predicted molar refractivity (Wildman–Crippen MR) is 105 cm³/mol. The summed E-state index contributed by atoms with van der Waals surface area (Å²) in [6.45, 7) is 2.06. The maximum Gasteiger partial charge on any atom is 0.261 e. The Morgan fingerprint density at radius 1 is 1.22 bits per heavy atom. The van der Waals surface area contributed by atoms with Crippen LogP contribution in [0.3, 0.4) is 0 Å². The molecule has 1 unspecified atom stereocenters. The summed E-state index contributed by atoms with van der Waals surface area (Å²) in [6, 6.07) is 12.7. The number of aromatic nitrogens is 2. The second kappa shape index (κ2) is 8.51. The Kier molecular flexibility index (Phi) is 5.88. The molecule has 27 heavy (non-hydrogen) atoms. The van der Waals surface area contributed by atoms with E-state index < -0.39 is 6.10 Å². The van der Waals surface area contributed by atoms with Crippen molar-refractivity contribution in [3.8, 4) is 11.5 Å². The topological polar surface area (TPSA) is 73.6 Å². The third kappa shape index (κ3) is 4.35. The van der Waals surface area contributed by atoms with E-state index in [9.17, 15) is 9.90 Å². The Morgan fingerprint density at radius 2 is 2.04 bits per heavy atom. The smallest absolute Gasteiger partial charge is 0.261 e. The summed E-state index contributed by atoms with van der Waals surface area (Å²) < 4.78 is 12.4. The number of nitrogens with zero attached hydrogens (tertiary/aromatic N) is 2. The van der Waals surface area contributed by atoms with Gasteiger partial charge in [0.15, 0.2) is 11.5 Å². The lowest BCUT2D eigenvalue weighted by Crippen LogP contribution is -2.30. The van der Waals surface area contributed by atoms with Crippen LogP contribution in [-0.2, 0) is 6.54 Å². The Labute approximate surface area is 157 Å². The zero-order valence-electron chi connectivity index (χ0n) is 15.3. The number of aliphatic hydroxyl groups is 1. The molecule has 3 rings (SSSR count). The van der Waals surface area contributed by atoms with E-state index in [-0.39, 0.29) is 18.7 Å². The molecule has 1 atom stereocenters. The summed E-state index contributed by atoms with van der Waals surface area (Å²) >= 11 is 0. The van der Waals surface area contributed by atoms with Gasteiger partial charge in [0.05, 0.1) is 30.9 Å². The minimum atomic E-state index is -0.870. The number of benzene rings is 2. The van der Waals surface area contributed by atoms with Gasteiger partial charge in [-0.15, -0.1) is 0 Å². The van der Waals surface area contributed by atoms with Crippen molar-refractivity contribution >= 4 is 17.0 Å². The van der Waals surface area contributed by atoms with Crippen molar-refractivity contribution < 1.29 is 14.6 Å². The molecule has 2 aromatic carbocycles. The third-order valence-electron chi connectivity index (χ3n) is 4.12. The summed E-state index contributed by atoms with van der Waals surface area (Å²) in [5.74, 6) is 1.12. The first kappa shape index (κ1) is 18.7. The summed E-state index contributed by atoms with van der Waals surface area (Å²) in [7, 11) is 1.57. The summed E-state index contributed by atoms with van der Waals surface area (Å²) in [6.07, 6.45) is 4.47. The van der Waals surface area contributed by atoms with Crippen LogP contribution in [-0.4, -0.2) is 34.5 Å². The van der Waals surface area contributed by atoms with E-state index in [1.807, 2.05) is 37.3 Å². The van der Waals surface area contributed by atoms with Crippen molar-refractivity contribution in [2.75, 3.05) is 13.7 Å². The molecule has 0 saturated carbocycles. The van der Waals surface area contributed by atoms with Crippen LogP contribution in [0.15, 0.2) is 59.7 Å². The summed E-state index contributed by atoms with van der Waals surface area (Å²) in [5, 5.41) is 10.8. The normalized spacial score (nSPS) is 12.4. The van der Waals surface area contributed by atoms with Gasteiger partial charge in [-0.05, 0) is 36.8 Å². The SMILES string of the molecule is C/C=C/c1ccc(OCC(O)Cn2cnc3ccccc3c2=O)c(OC)c1. The molecule has 0 aliphatic heterocycles. The van der Waals surface area contributed by atoms with Gasteiger partial charge in [0.25, 0.3) is 5.56 Å². The van der Waals surface area contributed by atoms with E-state index in [1.165, 1.54) is 10.9 Å². The van der Waals surface area contributed by atoms with Crippen LogP contribution in [0.25, 0.3) is 17.0 Å². The summed E-state index contributed by atoms with van der Waals surface area (Å²) in [5.41, 5.74) is 1.44. The van der Waals surface area contributed by atoms with E-state index in [0.29, 0.717) is 22.4 Å². The van der Waals surface area contributed by atoms with E-state index in [2.05, 4.69) is 4.98 Å². The van der Waals surface area contributed by atoms with E-state index >= 15 is 0 Å². The quantitative estimate of drug-likeness (QED) is 0.696. The molecule has 6 heteroatoms. The Bertz CT molecular complexity index is 1010. The molecule has 0 fully saturated rings. The van der Waals surface area contributed by atoms with Gasteiger partial charge >= 0.3 is 0 Å². The molecule has 0 aliphatic carbocycles. The van der Waals surface area contributed by atoms with Crippen molar-refractivity contribution in [3.63, 3.8) is 0 Å². The van der Waals surface area contributed by atoms with Gasteiger partial charge in [-0.25, -0.2) is 4.98 Å². The number of hydrogen-bond acceptors (Lipinski definition) is 5. The largest absolute Gasteiger partial charge is 0.493 e. The number of ether oxygens (including phenoxy) is 2. The third-order valence-corrected chi connectivity index (χ3v) is 4.12. The minimum absolute atomic E-state index is 0.0264. The molecule has 0 amide bonds. The maximum absolute atomic E-state index is 12.5. The minimum Gasteiger partial charge on any atom is -0.493 e. The van der Waals surface area contributed by atoms with Gasteiger partial charge in [-0.1, -0.05) is 30.4 Å². The number of para-hydroxylation sites is 1. The summed E-state index contributed by atoms with van der Waals surface area (Å²) in [4.78, 5) is 16.7. The van der Waals surface area contributed by atoms with Crippen molar-refractivity contribution in [3.05, 3.63) is 70.8 Å². The first-order valence-electron chi connectivity index (χ1n) is 8.68. The predicted octanol–water partition coefficient (Wildman–Crippen LogP) is 2.88. The number of allylic oxidation sites excluding steroid dienone is 1.